The molecule has 1 aliphatic heterocycles. The van der Waals surface area contributed by atoms with E-state index < -0.39 is 0 Å². The normalized spacial score (nSPS) is 25.0. The number of primary amides is 1. The van der Waals surface area contributed by atoms with Crippen molar-refractivity contribution in [3.05, 3.63) is 0 Å². The van der Waals surface area contributed by atoms with Gasteiger partial charge in [0, 0.05) is 91.6 Å². The highest BCUT2D eigenvalue weighted by Gasteiger charge is 2.13. The van der Waals surface area contributed by atoms with Crippen molar-refractivity contribution in [1.82, 2.24) is 42.5 Å². The fourth-order valence-corrected chi connectivity index (χ4v) is 3.92. The molecule has 1 rings (SSSR count). The van der Waals surface area contributed by atoms with Gasteiger partial charge in [0.05, 0.1) is 6.04 Å². The van der Waals surface area contributed by atoms with Gasteiger partial charge in [-0.3, -0.25) is 4.79 Å². The van der Waals surface area contributed by atoms with Gasteiger partial charge in [-0.25, -0.2) is 0 Å². The lowest BCUT2D eigenvalue weighted by Crippen LogP contribution is -2.44. The lowest BCUT2D eigenvalue weighted by molar-refractivity contribution is -0.120. The van der Waals surface area contributed by atoms with Crippen LogP contribution in [0.1, 0.15) is 44.9 Å². The van der Waals surface area contributed by atoms with Crippen molar-refractivity contribution < 1.29 is 4.79 Å². The molecular weight excluding hydrogens is 430 g/mol. The van der Waals surface area contributed by atoms with Gasteiger partial charge in [-0.2, -0.15) is 0 Å². The van der Waals surface area contributed by atoms with Gasteiger partial charge < -0.3 is 48.3 Å². The zero-order valence-corrected chi connectivity index (χ0v) is 21.6. The average Bonchev–Trinajstić information content (AvgIpc) is 2.83. The average molecular weight is 486 g/mol. The first kappa shape index (κ1) is 31.2. The van der Waals surface area contributed by atoms with Gasteiger partial charge in [0.2, 0.25) is 5.91 Å². The number of rotatable bonds is 1. The van der Waals surface area contributed by atoms with Crippen LogP contribution >= 0.6 is 0 Å². The molecule has 0 aromatic rings. The molecule has 34 heavy (non-hydrogen) atoms. The van der Waals surface area contributed by atoms with Crippen molar-refractivity contribution in [2.24, 2.45) is 5.73 Å². The third kappa shape index (κ3) is 21.7. The highest BCUT2D eigenvalue weighted by molar-refractivity contribution is 5.79. The first-order chi connectivity index (χ1) is 16.8. The number of hydrogen-bond acceptors (Lipinski definition) is 9. The van der Waals surface area contributed by atoms with E-state index in [9.17, 15) is 4.79 Å². The van der Waals surface area contributed by atoms with Crippen molar-refractivity contribution in [1.29, 1.82) is 0 Å². The fraction of sp³-hybridized carbons (Fsp3) is 0.958. The maximum Gasteiger partial charge on any atom is 0.234 e. The SMILES string of the molecule is NC(=O)C1CCCCCCCCNCCNCCNCCNCCNCCNCCNCCN1. The standard InChI is InChI=1S/C24H55N9O/c25-24(34)23-7-5-3-1-2-4-6-8-26-9-10-27-11-12-28-13-14-29-15-16-30-17-18-31-19-20-32-21-22-33-23/h23,26-33H,1-22H2,(H2,25,34). The highest BCUT2D eigenvalue weighted by atomic mass is 16.1. The molecule has 1 atom stereocenters. The van der Waals surface area contributed by atoms with Crippen LogP contribution in [-0.2, 0) is 4.79 Å². The number of amides is 1. The van der Waals surface area contributed by atoms with Crippen LogP contribution in [0.25, 0.3) is 0 Å². The molecule has 0 spiro atoms. The van der Waals surface area contributed by atoms with Gasteiger partial charge in [-0.05, 0) is 19.4 Å². The minimum atomic E-state index is -0.234. The van der Waals surface area contributed by atoms with Crippen LogP contribution < -0.4 is 48.3 Å². The fourth-order valence-electron chi connectivity index (χ4n) is 3.92. The molecule has 0 saturated carbocycles. The first-order valence-corrected chi connectivity index (χ1v) is 13.8. The van der Waals surface area contributed by atoms with Crippen molar-refractivity contribution in [2.45, 2.75) is 51.0 Å². The number of carbonyl (C=O) groups is 1. The Morgan fingerprint density at radius 1 is 0.441 bits per heavy atom. The lowest BCUT2D eigenvalue weighted by atomic mass is 10.1. The molecule has 1 heterocycles. The summed E-state index contributed by atoms with van der Waals surface area (Å²) in [5.41, 5.74) is 5.58. The minimum absolute atomic E-state index is 0.210. The number of carbonyl (C=O) groups excluding carboxylic acids is 1. The Labute approximate surface area is 208 Å². The van der Waals surface area contributed by atoms with Crippen LogP contribution in [0.2, 0.25) is 0 Å². The predicted octanol–water partition coefficient (Wildman–Crippen LogP) is -1.70. The van der Waals surface area contributed by atoms with E-state index in [4.69, 9.17) is 5.73 Å². The smallest absolute Gasteiger partial charge is 0.234 e. The Morgan fingerprint density at radius 2 is 0.765 bits per heavy atom. The zero-order chi connectivity index (χ0) is 24.4. The highest BCUT2D eigenvalue weighted by Crippen LogP contribution is 2.08. The molecular formula is C24H55N9O. The molecule has 0 radical (unpaired) electrons. The summed E-state index contributed by atoms with van der Waals surface area (Å²) in [5, 5.41) is 27.5. The third-order valence-electron chi connectivity index (χ3n) is 6.00. The molecule has 0 bridgehead atoms. The van der Waals surface area contributed by atoms with Gasteiger partial charge in [0.1, 0.15) is 0 Å². The van der Waals surface area contributed by atoms with Crippen molar-refractivity contribution in [2.75, 3.05) is 98.2 Å². The summed E-state index contributed by atoms with van der Waals surface area (Å²) in [6.07, 6.45) is 8.07. The molecule has 1 aliphatic rings. The largest absolute Gasteiger partial charge is 0.368 e. The van der Waals surface area contributed by atoms with Gasteiger partial charge in [-0.1, -0.05) is 32.1 Å². The van der Waals surface area contributed by atoms with Crippen LogP contribution in [0.5, 0.6) is 0 Å². The number of nitrogens with one attached hydrogen (secondary N) is 8. The van der Waals surface area contributed by atoms with E-state index in [-0.39, 0.29) is 11.9 Å². The van der Waals surface area contributed by atoms with E-state index in [1.165, 1.54) is 32.1 Å². The Morgan fingerprint density at radius 3 is 1.18 bits per heavy atom. The van der Waals surface area contributed by atoms with Gasteiger partial charge in [-0.15, -0.1) is 0 Å². The molecule has 1 saturated heterocycles. The van der Waals surface area contributed by atoms with E-state index in [0.717, 1.165) is 111 Å². The molecule has 1 fully saturated rings. The molecule has 1 unspecified atom stereocenters. The van der Waals surface area contributed by atoms with Gasteiger partial charge in [0.25, 0.3) is 0 Å². The number of hydrogen-bond donors (Lipinski definition) is 9. The zero-order valence-electron chi connectivity index (χ0n) is 21.6. The lowest BCUT2D eigenvalue weighted by Gasteiger charge is -2.15. The molecule has 10 nitrogen and oxygen atoms in total. The molecule has 0 aromatic heterocycles. The quantitative estimate of drug-likeness (QED) is 0.213. The van der Waals surface area contributed by atoms with Crippen LogP contribution in [0.15, 0.2) is 0 Å². The Bertz CT molecular complexity index is 411. The van der Waals surface area contributed by atoms with Gasteiger partial charge >= 0.3 is 0 Å². The third-order valence-corrected chi connectivity index (χ3v) is 6.00. The van der Waals surface area contributed by atoms with Crippen LogP contribution in [0.4, 0.5) is 0 Å². The maximum atomic E-state index is 11.7. The summed E-state index contributed by atoms with van der Waals surface area (Å²) >= 11 is 0. The molecule has 0 aliphatic carbocycles. The molecule has 10 heteroatoms. The first-order valence-electron chi connectivity index (χ1n) is 13.8. The Balaban J connectivity index is 2.16. The molecule has 0 aromatic carbocycles. The van der Waals surface area contributed by atoms with E-state index >= 15 is 0 Å². The summed E-state index contributed by atoms with van der Waals surface area (Å²) in [6, 6.07) is -0.210. The monoisotopic (exact) mass is 485 g/mol. The Kier molecular flexibility index (Phi) is 23.2. The predicted molar refractivity (Wildman–Crippen MR) is 143 cm³/mol. The van der Waals surface area contributed by atoms with Crippen molar-refractivity contribution in [3.8, 4) is 0 Å². The van der Waals surface area contributed by atoms with E-state index in [1.54, 1.807) is 0 Å². The van der Waals surface area contributed by atoms with Crippen LogP contribution in [0.3, 0.4) is 0 Å². The second kappa shape index (κ2) is 25.2. The van der Waals surface area contributed by atoms with E-state index in [0.29, 0.717) is 0 Å². The van der Waals surface area contributed by atoms with Crippen LogP contribution in [-0.4, -0.2) is 110 Å². The number of nitrogens with two attached hydrogens (primary N) is 1. The summed E-state index contributed by atoms with van der Waals surface area (Å²) < 4.78 is 0. The summed E-state index contributed by atoms with van der Waals surface area (Å²) in [5.74, 6) is -0.234. The minimum Gasteiger partial charge on any atom is -0.368 e. The van der Waals surface area contributed by atoms with Crippen molar-refractivity contribution >= 4 is 5.91 Å². The summed E-state index contributed by atoms with van der Waals surface area (Å²) in [4.78, 5) is 11.7. The van der Waals surface area contributed by atoms with Gasteiger partial charge in [0.15, 0.2) is 0 Å². The van der Waals surface area contributed by atoms with E-state index in [2.05, 4.69) is 42.5 Å². The van der Waals surface area contributed by atoms with Crippen LogP contribution in [0, 0.1) is 0 Å². The molecule has 202 valence electrons. The summed E-state index contributed by atoms with van der Waals surface area (Å²) in [6.45, 7) is 14.6. The maximum absolute atomic E-state index is 11.7. The molecule has 10 N–H and O–H groups in total. The van der Waals surface area contributed by atoms with E-state index in [1.807, 2.05) is 0 Å². The summed E-state index contributed by atoms with van der Waals surface area (Å²) in [7, 11) is 0. The topological polar surface area (TPSA) is 139 Å². The van der Waals surface area contributed by atoms with Crippen molar-refractivity contribution in [3.63, 3.8) is 0 Å². The second-order valence-corrected chi connectivity index (χ2v) is 9.07. The Hall–Kier alpha value is -0.850. The molecule has 1 amide bonds. The second-order valence-electron chi connectivity index (χ2n) is 9.07.